The van der Waals surface area contributed by atoms with E-state index in [0.29, 0.717) is 23.0 Å². The Morgan fingerprint density at radius 2 is 1.72 bits per heavy atom. The average molecular weight is 399 g/mol. The lowest BCUT2D eigenvalue weighted by Crippen LogP contribution is -2.12. The van der Waals surface area contributed by atoms with Crippen molar-refractivity contribution < 1.29 is 4.79 Å². The predicted molar refractivity (Wildman–Crippen MR) is 112 cm³/mol. The quantitative estimate of drug-likeness (QED) is 0.470. The number of amides is 1. The number of carbonyl (C=O) groups is 1. The molecule has 0 saturated heterocycles. The van der Waals surface area contributed by atoms with Gasteiger partial charge >= 0.3 is 0 Å². The van der Waals surface area contributed by atoms with Crippen LogP contribution in [0.15, 0.2) is 67.4 Å². The van der Waals surface area contributed by atoms with Gasteiger partial charge in [-0.2, -0.15) is 0 Å². The van der Waals surface area contributed by atoms with Gasteiger partial charge in [-0.25, -0.2) is 24.9 Å². The second-order valence-corrected chi connectivity index (χ2v) is 7.10. The normalized spacial score (nSPS) is 10.9. The van der Waals surface area contributed by atoms with Crippen LogP contribution in [0.4, 0.5) is 17.5 Å². The molecule has 5 aromatic rings. The summed E-state index contributed by atoms with van der Waals surface area (Å²) in [4.78, 5) is 34.7. The molecule has 140 valence electrons. The van der Waals surface area contributed by atoms with Crippen LogP contribution in [0.5, 0.6) is 0 Å². The van der Waals surface area contributed by atoms with Gasteiger partial charge in [0.25, 0.3) is 5.91 Å². The highest BCUT2D eigenvalue weighted by Gasteiger charge is 2.13. The van der Waals surface area contributed by atoms with E-state index in [-0.39, 0.29) is 5.91 Å². The van der Waals surface area contributed by atoms with E-state index in [1.165, 1.54) is 17.7 Å². The van der Waals surface area contributed by atoms with Crippen molar-refractivity contribution in [2.75, 3.05) is 10.6 Å². The minimum Gasteiger partial charge on any atom is -0.319 e. The standard InChI is InChI=1S/C20H13N7OS/c28-18(12-5-2-1-3-6-12)26-13-9-22-20(23-10-13)27-17-16-15(24-11-25-17)14-7-4-8-21-19(14)29-16/h1-11H,(H,26,28)(H,22,23,24,25,27). The van der Waals surface area contributed by atoms with Crippen molar-refractivity contribution >= 4 is 55.1 Å². The average Bonchev–Trinajstić information content (AvgIpc) is 3.16. The predicted octanol–water partition coefficient (Wildman–Crippen LogP) is 4.03. The van der Waals surface area contributed by atoms with E-state index in [2.05, 4.69) is 35.6 Å². The van der Waals surface area contributed by atoms with Crippen molar-refractivity contribution in [1.82, 2.24) is 24.9 Å². The molecule has 0 spiro atoms. The Labute approximate surface area is 168 Å². The molecule has 1 amide bonds. The van der Waals surface area contributed by atoms with Gasteiger partial charge in [-0.3, -0.25) is 4.79 Å². The molecular formula is C20H13N7OS. The number of anilines is 3. The van der Waals surface area contributed by atoms with Gasteiger partial charge in [0.1, 0.15) is 11.2 Å². The number of nitrogens with one attached hydrogen (secondary N) is 2. The zero-order chi connectivity index (χ0) is 19.6. The van der Waals surface area contributed by atoms with Gasteiger partial charge in [-0.05, 0) is 24.3 Å². The molecule has 0 aliphatic rings. The number of fused-ring (bicyclic) bond motifs is 3. The number of hydrogen-bond acceptors (Lipinski definition) is 8. The number of aromatic nitrogens is 5. The number of benzene rings is 1. The van der Waals surface area contributed by atoms with Gasteiger partial charge in [0.15, 0.2) is 5.82 Å². The lowest BCUT2D eigenvalue weighted by atomic mass is 10.2. The topological polar surface area (TPSA) is 106 Å². The third kappa shape index (κ3) is 3.34. The summed E-state index contributed by atoms with van der Waals surface area (Å²) in [6, 6.07) is 12.8. The SMILES string of the molecule is O=C(Nc1cnc(Nc2ncnc3c2sc2ncccc23)nc1)c1ccccc1. The maximum absolute atomic E-state index is 12.2. The fraction of sp³-hybridized carbons (Fsp3) is 0. The third-order valence-corrected chi connectivity index (χ3v) is 5.31. The van der Waals surface area contributed by atoms with E-state index in [9.17, 15) is 4.79 Å². The van der Waals surface area contributed by atoms with Crippen LogP contribution in [0.2, 0.25) is 0 Å². The first-order chi connectivity index (χ1) is 14.3. The van der Waals surface area contributed by atoms with Gasteiger partial charge in [-0.15, -0.1) is 11.3 Å². The number of rotatable bonds is 4. The third-order valence-electron chi connectivity index (χ3n) is 4.20. The van der Waals surface area contributed by atoms with Crippen LogP contribution in [0.25, 0.3) is 20.4 Å². The lowest BCUT2D eigenvalue weighted by Gasteiger charge is -2.07. The van der Waals surface area contributed by atoms with E-state index in [4.69, 9.17) is 0 Å². The highest BCUT2D eigenvalue weighted by Crippen LogP contribution is 2.34. The molecule has 29 heavy (non-hydrogen) atoms. The van der Waals surface area contributed by atoms with Gasteiger partial charge in [0, 0.05) is 17.1 Å². The molecule has 1 aromatic carbocycles. The lowest BCUT2D eigenvalue weighted by molar-refractivity contribution is 0.102. The molecule has 0 unspecified atom stereocenters. The van der Waals surface area contributed by atoms with Crippen LogP contribution < -0.4 is 10.6 Å². The van der Waals surface area contributed by atoms with Crippen LogP contribution in [0.1, 0.15) is 10.4 Å². The van der Waals surface area contributed by atoms with Crippen LogP contribution in [-0.2, 0) is 0 Å². The van der Waals surface area contributed by atoms with E-state index in [1.807, 2.05) is 30.3 Å². The van der Waals surface area contributed by atoms with Gasteiger partial charge < -0.3 is 10.6 Å². The fourth-order valence-electron chi connectivity index (χ4n) is 2.86. The molecule has 0 atom stereocenters. The smallest absolute Gasteiger partial charge is 0.255 e. The summed E-state index contributed by atoms with van der Waals surface area (Å²) in [6.07, 6.45) is 6.34. The van der Waals surface area contributed by atoms with Crippen LogP contribution in [0, 0.1) is 0 Å². The zero-order valence-corrected chi connectivity index (χ0v) is 15.7. The molecular weight excluding hydrogens is 386 g/mol. The molecule has 4 aromatic heterocycles. The number of pyridine rings is 1. The molecule has 0 aliphatic carbocycles. The Balaban J connectivity index is 1.38. The first-order valence-corrected chi connectivity index (χ1v) is 9.53. The largest absolute Gasteiger partial charge is 0.319 e. The summed E-state index contributed by atoms with van der Waals surface area (Å²) in [7, 11) is 0. The maximum atomic E-state index is 12.2. The molecule has 0 radical (unpaired) electrons. The summed E-state index contributed by atoms with van der Waals surface area (Å²) in [6.45, 7) is 0. The highest BCUT2D eigenvalue weighted by molar-refractivity contribution is 7.25. The number of nitrogens with zero attached hydrogens (tertiary/aromatic N) is 5. The minimum atomic E-state index is -0.217. The van der Waals surface area contributed by atoms with Crippen molar-refractivity contribution in [3.8, 4) is 0 Å². The second kappa shape index (κ2) is 7.21. The monoisotopic (exact) mass is 399 g/mol. The van der Waals surface area contributed by atoms with Crippen molar-refractivity contribution in [2.45, 2.75) is 0 Å². The minimum absolute atomic E-state index is 0.217. The van der Waals surface area contributed by atoms with Gasteiger partial charge in [0.05, 0.1) is 28.3 Å². The molecule has 0 aliphatic heterocycles. The Morgan fingerprint density at radius 1 is 0.897 bits per heavy atom. The van der Waals surface area contributed by atoms with Crippen molar-refractivity contribution in [1.29, 1.82) is 0 Å². The molecule has 8 nitrogen and oxygen atoms in total. The Hall–Kier alpha value is -3.98. The molecule has 0 bridgehead atoms. The summed E-state index contributed by atoms with van der Waals surface area (Å²) in [5, 5.41) is 6.87. The first kappa shape index (κ1) is 17.1. The van der Waals surface area contributed by atoms with Gasteiger partial charge in [0.2, 0.25) is 5.95 Å². The number of hydrogen-bond donors (Lipinski definition) is 2. The fourth-order valence-corrected chi connectivity index (χ4v) is 3.90. The summed E-state index contributed by atoms with van der Waals surface area (Å²) in [5.41, 5.74) is 1.90. The van der Waals surface area contributed by atoms with Crippen LogP contribution in [-0.4, -0.2) is 30.8 Å². The van der Waals surface area contributed by atoms with Crippen molar-refractivity contribution in [3.63, 3.8) is 0 Å². The maximum Gasteiger partial charge on any atom is 0.255 e. The number of thiophene rings is 1. The molecule has 5 rings (SSSR count). The molecule has 4 heterocycles. The second-order valence-electron chi connectivity index (χ2n) is 6.10. The molecule has 2 N–H and O–H groups in total. The van der Waals surface area contributed by atoms with E-state index in [0.717, 1.165) is 20.4 Å². The Morgan fingerprint density at radius 3 is 2.55 bits per heavy atom. The Kier molecular flexibility index (Phi) is 4.26. The van der Waals surface area contributed by atoms with Gasteiger partial charge in [-0.1, -0.05) is 18.2 Å². The van der Waals surface area contributed by atoms with Crippen LogP contribution in [0.3, 0.4) is 0 Å². The van der Waals surface area contributed by atoms with E-state index in [1.54, 1.807) is 30.7 Å². The first-order valence-electron chi connectivity index (χ1n) is 8.71. The molecule has 9 heteroatoms. The summed E-state index contributed by atoms with van der Waals surface area (Å²) >= 11 is 1.51. The van der Waals surface area contributed by atoms with Crippen molar-refractivity contribution in [2.24, 2.45) is 0 Å². The summed E-state index contributed by atoms with van der Waals surface area (Å²) < 4.78 is 0.881. The zero-order valence-electron chi connectivity index (χ0n) is 14.9. The van der Waals surface area contributed by atoms with Crippen molar-refractivity contribution in [3.05, 3.63) is 72.9 Å². The van der Waals surface area contributed by atoms with E-state index >= 15 is 0 Å². The molecule has 0 fully saturated rings. The highest BCUT2D eigenvalue weighted by atomic mass is 32.1. The Bertz CT molecular complexity index is 1320. The summed E-state index contributed by atoms with van der Waals surface area (Å²) in [5.74, 6) is 0.761. The van der Waals surface area contributed by atoms with Crippen LogP contribution >= 0.6 is 11.3 Å². The number of carbonyl (C=O) groups excluding carboxylic acids is 1. The van der Waals surface area contributed by atoms with E-state index < -0.39 is 0 Å². The molecule has 0 saturated carbocycles.